The highest BCUT2D eigenvalue weighted by atomic mass is 16.7. The van der Waals surface area contributed by atoms with E-state index in [1.807, 2.05) is 18.5 Å². The van der Waals surface area contributed by atoms with E-state index in [0.717, 1.165) is 12.0 Å². The van der Waals surface area contributed by atoms with E-state index in [9.17, 15) is 35.1 Å². The number of nitrogens with one attached hydrogen (secondary N) is 2. The van der Waals surface area contributed by atoms with Crippen LogP contribution in [0.4, 0.5) is 0 Å². The van der Waals surface area contributed by atoms with Crippen LogP contribution in [-0.2, 0) is 16.0 Å². The molecule has 7 N–H and O–H groups in total. The minimum Gasteiger partial charge on any atom is -0.508 e. The minimum atomic E-state index is -2.26. The number of phenols is 1. The molecule has 1 saturated heterocycles. The molecule has 12 nitrogen and oxygen atoms in total. The Labute approximate surface area is 252 Å². The van der Waals surface area contributed by atoms with Gasteiger partial charge in [0.05, 0.1) is 10.9 Å². The number of hydrogen-bond donors (Lipinski definition) is 7. The van der Waals surface area contributed by atoms with E-state index in [4.69, 9.17) is 13.9 Å². The van der Waals surface area contributed by atoms with Crippen molar-refractivity contribution in [1.82, 2.24) is 10.3 Å². The second kappa shape index (κ2) is 12.8. The van der Waals surface area contributed by atoms with Crippen LogP contribution in [0.3, 0.4) is 0 Å². The third kappa shape index (κ3) is 6.35. The number of phenolic OH excluding ortho intramolecular Hbond substituents is 1. The van der Waals surface area contributed by atoms with Gasteiger partial charge < -0.3 is 49.7 Å². The molecular formula is C32H36N2O10. The van der Waals surface area contributed by atoms with Crippen LogP contribution >= 0.6 is 0 Å². The molecule has 3 heterocycles. The van der Waals surface area contributed by atoms with E-state index in [1.54, 1.807) is 12.1 Å². The number of ether oxygens (including phenoxy) is 2. The standard InChI is InChI=1S/C32H36N2O10/c1-17(2)20(11-18-9-10-33-13-18)14-34-16-32(41)29(38)27(37)28(30(39)40)44-31(32)43-22-7-8-23-25(12-22)42-15-24(26(23)36)19-3-5-21(35)6-4-19/h3-10,12-13,15,17,20,27-29,31,33-35,37-38,41H,11,14,16H2,1-2H3,(H,39,40). The van der Waals surface area contributed by atoms with Crippen LogP contribution < -0.4 is 15.5 Å². The zero-order chi connectivity index (χ0) is 31.6. The summed E-state index contributed by atoms with van der Waals surface area (Å²) >= 11 is 0. The maximum Gasteiger partial charge on any atom is 0.335 e. The first-order chi connectivity index (χ1) is 21.0. The van der Waals surface area contributed by atoms with Crippen LogP contribution in [0.15, 0.2) is 76.4 Å². The lowest BCUT2D eigenvalue weighted by Gasteiger charge is -2.47. The van der Waals surface area contributed by atoms with Gasteiger partial charge in [0.2, 0.25) is 6.29 Å². The Balaban J connectivity index is 1.38. The number of aromatic nitrogens is 1. The fourth-order valence-corrected chi connectivity index (χ4v) is 5.39. The predicted molar refractivity (Wildman–Crippen MR) is 159 cm³/mol. The van der Waals surface area contributed by atoms with Gasteiger partial charge in [-0.2, -0.15) is 0 Å². The molecule has 6 atom stereocenters. The van der Waals surface area contributed by atoms with Crippen molar-refractivity contribution in [1.29, 1.82) is 0 Å². The Morgan fingerprint density at radius 3 is 2.55 bits per heavy atom. The fourth-order valence-electron chi connectivity index (χ4n) is 5.39. The normalized spacial score (nSPS) is 24.4. The number of aliphatic hydroxyl groups excluding tert-OH is 2. The summed E-state index contributed by atoms with van der Waals surface area (Å²) in [5, 5.41) is 55.7. The molecule has 12 heteroatoms. The van der Waals surface area contributed by atoms with Crippen molar-refractivity contribution >= 4 is 16.9 Å². The number of carboxylic acid groups (broad SMARTS) is 1. The third-order valence-corrected chi connectivity index (χ3v) is 8.15. The number of aromatic amines is 1. The number of H-pyrrole nitrogens is 1. The van der Waals surface area contributed by atoms with Gasteiger partial charge in [0.1, 0.15) is 35.6 Å². The number of aromatic hydroxyl groups is 1. The summed E-state index contributed by atoms with van der Waals surface area (Å²) in [7, 11) is 0. The lowest BCUT2D eigenvalue weighted by molar-refractivity contribution is -0.311. The molecule has 4 aromatic rings. The molecular weight excluding hydrogens is 572 g/mol. The number of aliphatic hydroxyl groups is 3. The lowest BCUT2D eigenvalue weighted by atomic mass is 9.85. The first-order valence-corrected chi connectivity index (χ1v) is 14.3. The van der Waals surface area contributed by atoms with Gasteiger partial charge in [0.15, 0.2) is 17.1 Å². The number of carboxylic acids is 1. The van der Waals surface area contributed by atoms with Crippen molar-refractivity contribution in [3.63, 3.8) is 0 Å². The molecule has 2 aromatic heterocycles. The summed E-state index contributed by atoms with van der Waals surface area (Å²) < 4.78 is 17.1. The first-order valence-electron chi connectivity index (χ1n) is 14.3. The molecule has 5 rings (SSSR count). The van der Waals surface area contributed by atoms with Crippen LogP contribution in [0.1, 0.15) is 19.4 Å². The van der Waals surface area contributed by atoms with Gasteiger partial charge in [-0.05, 0) is 66.3 Å². The van der Waals surface area contributed by atoms with Crippen molar-refractivity contribution in [2.24, 2.45) is 11.8 Å². The van der Waals surface area contributed by atoms with Crippen molar-refractivity contribution in [3.05, 3.63) is 83.0 Å². The van der Waals surface area contributed by atoms with Crippen molar-refractivity contribution in [3.8, 4) is 22.6 Å². The summed E-state index contributed by atoms with van der Waals surface area (Å²) in [4.78, 5) is 28.0. The fraction of sp³-hybridized carbons (Fsp3) is 0.375. The largest absolute Gasteiger partial charge is 0.508 e. The summed E-state index contributed by atoms with van der Waals surface area (Å²) in [5.74, 6) is -1.00. The van der Waals surface area contributed by atoms with E-state index in [-0.39, 0.29) is 51.8 Å². The van der Waals surface area contributed by atoms with Crippen LogP contribution in [0.25, 0.3) is 22.1 Å². The van der Waals surface area contributed by atoms with Crippen LogP contribution in [-0.4, -0.2) is 79.8 Å². The Hall–Kier alpha value is -4.20. The number of carbonyl (C=O) groups is 1. The molecule has 0 amide bonds. The Morgan fingerprint density at radius 2 is 1.89 bits per heavy atom. The van der Waals surface area contributed by atoms with E-state index in [2.05, 4.69) is 24.1 Å². The second-order valence-electron chi connectivity index (χ2n) is 11.5. The maximum absolute atomic E-state index is 13.2. The zero-order valence-corrected chi connectivity index (χ0v) is 24.2. The second-order valence-corrected chi connectivity index (χ2v) is 11.5. The summed E-state index contributed by atoms with van der Waals surface area (Å²) in [5.41, 5.74) is -0.509. The smallest absolute Gasteiger partial charge is 0.335 e. The Bertz CT molecular complexity index is 1640. The van der Waals surface area contributed by atoms with E-state index in [0.29, 0.717) is 12.1 Å². The number of aliphatic carboxylic acids is 1. The quantitative estimate of drug-likeness (QED) is 0.132. The van der Waals surface area contributed by atoms with Crippen LogP contribution in [0.2, 0.25) is 0 Å². The van der Waals surface area contributed by atoms with Gasteiger partial charge in [-0.25, -0.2) is 4.79 Å². The molecule has 6 unspecified atom stereocenters. The van der Waals surface area contributed by atoms with Gasteiger partial charge in [-0.15, -0.1) is 0 Å². The van der Waals surface area contributed by atoms with Gasteiger partial charge in [0, 0.05) is 25.0 Å². The topological polar surface area (TPSA) is 195 Å². The summed E-state index contributed by atoms with van der Waals surface area (Å²) in [6.45, 7) is 4.29. The summed E-state index contributed by atoms with van der Waals surface area (Å²) in [6, 6.07) is 12.3. The average Bonchev–Trinajstić information content (AvgIpc) is 3.51. The van der Waals surface area contributed by atoms with Gasteiger partial charge in [-0.3, -0.25) is 4.79 Å². The molecule has 0 bridgehead atoms. The Kier molecular flexibility index (Phi) is 9.09. The minimum absolute atomic E-state index is 0.0556. The monoisotopic (exact) mass is 608 g/mol. The van der Waals surface area contributed by atoms with Crippen molar-refractivity contribution in [2.75, 3.05) is 13.1 Å². The first kappa shape index (κ1) is 31.2. The molecule has 234 valence electrons. The lowest BCUT2D eigenvalue weighted by Crippen LogP contribution is -2.71. The van der Waals surface area contributed by atoms with Gasteiger partial charge in [0.25, 0.3) is 0 Å². The highest BCUT2D eigenvalue weighted by molar-refractivity contribution is 5.82. The van der Waals surface area contributed by atoms with Crippen molar-refractivity contribution < 1.29 is 44.2 Å². The number of benzene rings is 2. The number of rotatable bonds is 11. The Morgan fingerprint density at radius 1 is 1.14 bits per heavy atom. The molecule has 0 aliphatic carbocycles. The SMILES string of the molecule is CC(C)C(CNCC1(O)C(Oc2ccc3c(=O)c(-c4ccc(O)cc4)coc3c2)OC(C(=O)O)C(O)C1O)Cc1cc[nH]c1. The predicted octanol–water partition coefficient (Wildman–Crippen LogP) is 2.24. The van der Waals surface area contributed by atoms with E-state index in [1.165, 1.54) is 36.6 Å². The molecule has 44 heavy (non-hydrogen) atoms. The average molecular weight is 609 g/mol. The molecule has 0 radical (unpaired) electrons. The highest BCUT2D eigenvalue weighted by Crippen LogP contribution is 2.33. The zero-order valence-electron chi connectivity index (χ0n) is 24.2. The van der Waals surface area contributed by atoms with E-state index < -0.39 is 36.2 Å². The molecule has 1 fully saturated rings. The van der Waals surface area contributed by atoms with Gasteiger partial charge >= 0.3 is 5.97 Å². The van der Waals surface area contributed by atoms with Crippen LogP contribution in [0, 0.1) is 11.8 Å². The molecule has 0 saturated carbocycles. The number of fused-ring (bicyclic) bond motifs is 1. The molecule has 0 spiro atoms. The molecule has 1 aliphatic rings. The van der Waals surface area contributed by atoms with Crippen LogP contribution in [0.5, 0.6) is 11.5 Å². The molecule has 1 aliphatic heterocycles. The highest BCUT2D eigenvalue weighted by Gasteiger charge is 2.58. The maximum atomic E-state index is 13.2. The van der Waals surface area contributed by atoms with Crippen molar-refractivity contribution in [2.45, 2.75) is 50.5 Å². The number of hydrogen-bond acceptors (Lipinski definition) is 10. The van der Waals surface area contributed by atoms with Gasteiger partial charge in [-0.1, -0.05) is 26.0 Å². The molecule has 2 aromatic carbocycles. The van der Waals surface area contributed by atoms with E-state index >= 15 is 0 Å². The third-order valence-electron chi connectivity index (χ3n) is 8.15. The summed E-state index contributed by atoms with van der Waals surface area (Å²) in [6.07, 6.45) is -1.70.